The number of aliphatic imine (C=N–C) groups is 1. The van der Waals surface area contributed by atoms with Crippen LogP contribution in [0.4, 0.5) is 11.6 Å². The highest BCUT2D eigenvalue weighted by Crippen LogP contribution is 2.11. The zero-order chi connectivity index (χ0) is 11.4. The van der Waals surface area contributed by atoms with E-state index in [2.05, 4.69) is 20.2 Å². The molecule has 0 spiro atoms. The molecule has 0 saturated carbocycles. The molecule has 0 aliphatic carbocycles. The smallest absolute Gasteiger partial charge is 0.258 e. The van der Waals surface area contributed by atoms with Crippen LogP contribution in [0.25, 0.3) is 0 Å². The van der Waals surface area contributed by atoms with Gasteiger partial charge in [0, 0.05) is 18.3 Å². The lowest BCUT2D eigenvalue weighted by molar-refractivity contribution is -0.384. The summed E-state index contributed by atoms with van der Waals surface area (Å²) < 4.78 is 0. The number of nitrogens with zero attached hydrogens (tertiary/aromatic N) is 4. The maximum atomic E-state index is 10.4. The predicted molar refractivity (Wildman–Crippen MR) is 56.7 cm³/mol. The third-order valence-corrected chi connectivity index (χ3v) is 1.84. The van der Waals surface area contributed by atoms with Crippen molar-refractivity contribution in [3.8, 4) is 0 Å². The van der Waals surface area contributed by atoms with Gasteiger partial charge in [0.2, 0.25) is 5.95 Å². The van der Waals surface area contributed by atoms with Crippen molar-refractivity contribution in [2.45, 2.75) is 0 Å². The van der Waals surface area contributed by atoms with Gasteiger partial charge in [-0.2, -0.15) is 10.1 Å². The molecule has 2 rings (SSSR count). The molecule has 0 fully saturated rings. The number of aromatic amines is 1. The Morgan fingerprint density at radius 3 is 2.69 bits per heavy atom. The van der Waals surface area contributed by atoms with Crippen molar-refractivity contribution < 1.29 is 4.92 Å². The van der Waals surface area contributed by atoms with Crippen molar-refractivity contribution in [1.82, 2.24) is 15.2 Å². The van der Waals surface area contributed by atoms with Gasteiger partial charge in [-0.1, -0.05) is 0 Å². The summed E-state index contributed by atoms with van der Waals surface area (Å²) in [5.74, 6) is 0.387. The fraction of sp³-hybridized carbons (Fsp3) is 0. The molecule has 0 aliphatic rings. The Hall–Kier alpha value is -2.57. The molecule has 0 unspecified atom stereocenters. The summed E-state index contributed by atoms with van der Waals surface area (Å²) in [6.45, 7) is 0. The summed E-state index contributed by atoms with van der Waals surface area (Å²) in [5, 5.41) is 16.6. The van der Waals surface area contributed by atoms with E-state index in [1.807, 2.05) is 0 Å². The zero-order valence-electron chi connectivity index (χ0n) is 8.07. The summed E-state index contributed by atoms with van der Waals surface area (Å²) in [6.07, 6.45) is 2.90. The molecule has 7 nitrogen and oxygen atoms in total. The van der Waals surface area contributed by atoms with Crippen molar-refractivity contribution in [3.63, 3.8) is 0 Å². The molecule has 1 N–H and O–H groups in total. The normalized spacial score (nSPS) is 10.8. The Labute approximate surface area is 90.0 Å². The Morgan fingerprint density at radius 2 is 2.12 bits per heavy atom. The van der Waals surface area contributed by atoms with Gasteiger partial charge in [-0.3, -0.25) is 10.1 Å². The molecule has 0 amide bonds. The Kier molecular flexibility index (Phi) is 2.68. The van der Waals surface area contributed by atoms with E-state index in [1.54, 1.807) is 18.3 Å². The molecule has 1 aromatic carbocycles. The number of hydrogen-bond acceptors (Lipinski definition) is 5. The van der Waals surface area contributed by atoms with Gasteiger partial charge in [0.15, 0.2) is 0 Å². The van der Waals surface area contributed by atoms with Gasteiger partial charge >= 0.3 is 0 Å². The fourth-order valence-corrected chi connectivity index (χ4v) is 1.08. The van der Waals surface area contributed by atoms with Crippen LogP contribution < -0.4 is 0 Å². The van der Waals surface area contributed by atoms with Crippen LogP contribution >= 0.6 is 0 Å². The average Bonchev–Trinajstić information content (AvgIpc) is 2.80. The minimum absolute atomic E-state index is 0.0526. The predicted octanol–water partition coefficient (Wildman–Crippen LogP) is 1.46. The Morgan fingerprint density at radius 1 is 1.38 bits per heavy atom. The molecule has 2 aromatic rings. The number of nitro benzene ring substituents is 1. The second-order valence-corrected chi connectivity index (χ2v) is 2.92. The van der Waals surface area contributed by atoms with Gasteiger partial charge in [-0.05, 0) is 17.7 Å². The van der Waals surface area contributed by atoms with Crippen LogP contribution in [0.2, 0.25) is 0 Å². The lowest BCUT2D eigenvalue weighted by Crippen LogP contribution is -1.88. The minimum Gasteiger partial charge on any atom is -0.258 e. The van der Waals surface area contributed by atoms with E-state index < -0.39 is 4.92 Å². The second kappa shape index (κ2) is 4.30. The zero-order valence-corrected chi connectivity index (χ0v) is 8.07. The van der Waals surface area contributed by atoms with E-state index in [0.717, 1.165) is 5.56 Å². The number of nitrogens with one attached hydrogen (secondary N) is 1. The highest BCUT2D eigenvalue weighted by molar-refractivity contribution is 5.81. The van der Waals surface area contributed by atoms with E-state index in [9.17, 15) is 10.1 Å². The topological polar surface area (TPSA) is 97.1 Å². The third kappa shape index (κ3) is 2.27. The number of nitro groups is 1. The van der Waals surface area contributed by atoms with Crippen molar-refractivity contribution >= 4 is 17.9 Å². The fourth-order valence-electron chi connectivity index (χ4n) is 1.08. The largest absolute Gasteiger partial charge is 0.269 e. The van der Waals surface area contributed by atoms with Gasteiger partial charge in [0.05, 0.1) is 4.92 Å². The molecule has 0 radical (unpaired) electrons. The van der Waals surface area contributed by atoms with Gasteiger partial charge < -0.3 is 0 Å². The lowest BCUT2D eigenvalue weighted by atomic mass is 10.2. The molecule has 16 heavy (non-hydrogen) atoms. The maximum absolute atomic E-state index is 10.4. The number of hydrogen-bond donors (Lipinski definition) is 1. The third-order valence-electron chi connectivity index (χ3n) is 1.84. The molecule has 80 valence electrons. The van der Waals surface area contributed by atoms with E-state index >= 15 is 0 Å². The Bertz CT molecular complexity index is 503. The van der Waals surface area contributed by atoms with Crippen LogP contribution in [0.5, 0.6) is 0 Å². The number of H-pyrrole nitrogens is 1. The van der Waals surface area contributed by atoms with Crippen molar-refractivity contribution in [2.75, 3.05) is 0 Å². The van der Waals surface area contributed by atoms with E-state index in [1.165, 1.54) is 18.5 Å². The first-order valence-corrected chi connectivity index (χ1v) is 4.39. The first-order valence-electron chi connectivity index (χ1n) is 4.39. The van der Waals surface area contributed by atoms with Crippen molar-refractivity contribution in [1.29, 1.82) is 0 Å². The highest BCUT2D eigenvalue weighted by atomic mass is 16.6. The maximum Gasteiger partial charge on any atom is 0.269 e. The van der Waals surface area contributed by atoms with Crippen LogP contribution in [0.1, 0.15) is 5.56 Å². The molecular formula is C9H7N5O2. The summed E-state index contributed by atoms with van der Waals surface area (Å²) in [6, 6.07) is 6.06. The van der Waals surface area contributed by atoms with Gasteiger partial charge in [0.25, 0.3) is 5.69 Å². The number of non-ortho nitro benzene ring substituents is 1. The molecule has 0 aliphatic heterocycles. The number of aromatic nitrogens is 3. The summed E-state index contributed by atoms with van der Waals surface area (Å²) in [7, 11) is 0. The van der Waals surface area contributed by atoms with Crippen LogP contribution in [0, 0.1) is 10.1 Å². The lowest BCUT2D eigenvalue weighted by Gasteiger charge is -1.92. The minimum atomic E-state index is -0.447. The molecule has 0 saturated heterocycles. The van der Waals surface area contributed by atoms with Crippen LogP contribution in [-0.4, -0.2) is 26.3 Å². The first-order chi connectivity index (χ1) is 7.75. The highest BCUT2D eigenvalue weighted by Gasteiger charge is 2.02. The molecule has 0 atom stereocenters. The van der Waals surface area contributed by atoms with E-state index in [4.69, 9.17) is 0 Å². The van der Waals surface area contributed by atoms with Crippen LogP contribution in [0.15, 0.2) is 35.6 Å². The van der Waals surface area contributed by atoms with E-state index in [-0.39, 0.29) is 5.69 Å². The monoisotopic (exact) mass is 217 g/mol. The van der Waals surface area contributed by atoms with Crippen LogP contribution in [-0.2, 0) is 0 Å². The molecule has 1 aromatic heterocycles. The molecule has 1 heterocycles. The summed E-state index contributed by atoms with van der Waals surface area (Å²) in [4.78, 5) is 17.7. The van der Waals surface area contributed by atoms with Gasteiger partial charge in [0.1, 0.15) is 6.33 Å². The molecular weight excluding hydrogens is 210 g/mol. The van der Waals surface area contributed by atoms with Gasteiger partial charge in [-0.15, -0.1) is 0 Å². The van der Waals surface area contributed by atoms with Crippen molar-refractivity contribution in [3.05, 3.63) is 46.3 Å². The van der Waals surface area contributed by atoms with E-state index in [0.29, 0.717) is 5.95 Å². The Balaban J connectivity index is 2.14. The van der Waals surface area contributed by atoms with Crippen molar-refractivity contribution in [2.24, 2.45) is 4.99 Å². The second-order valence-electron chi connectivity index (χ2n) is 2.92. The summed E-state index contributed by atoms with van der Waals surface area (Å²) in [5.41, 5.74) is 0.804. The first kappa shape index (κ1) is 9.97. The quantitative estimate of drug-likeness (QED) is 0.478. The SMILES string of the molecule is O=[N+]([O-])c1ccc(/C=N\c2ncn[nH]2)cc1. The van der Waals surface area contributed by atoms with Crippen LogP contribution in [0.3, 0.4) is 0 Å². The number of rotatable bonds is 3. The molecule has 7 heteroatoms. The number of benzene rings is 1. The molecule has 0 bridgehead atoms. The average molecular weight is 217 g/mol. The summed E-state index contributed by atoms with van der Waals surface area (Å²) >= 11 is 0. The standard InChI is InChI=1S/C9H7N5O2/c15-14(16)8-3-1-7(2-4-8)5-10-9-11-6-12-13-9/h1-6H,(H,11,12,13)/b10-5-. The van der Waals surface area contributed by atoms with Gasteiger partial charge in [-0.25, -0.2) is 10.1 Å².